The molecular weight excluding hydrogens is 377 g/mol. The lowest BCUT2D eigenvalue weighted by Gasteiger charge is -2.12. The zero-order valence-corrected chi connectivity index (χ0v) is 15.1. The van der Waals surface area contributed by atoms with Crippen LogP contribution in [0.1, 0.15) is 18.4 Å². The smallest absolute Gasteiger partial charge is 0.326 e. The average Bonchev–Trinajstić information content (AvgIpc) is 3.33. The number of rotatable bonds is 5. The van der Waals surface area contributed by atoms with Crippen LogP contribution in [0.4, 0.5) is 26.5 Å². The Balaban J connectivity index is 1.59. The third-order valence-corrected chi connectivity index (χ3v) is 4.58. The van der Waals surface area contributed by atoms with Crippen molar-refractivity contribution in [2.24, 2.45) is 0 Å². The number of halogens is 1. The standard InChI is InChI=1S/C19H16FN7O2/c20-12-3-1-2-4-13(12)23-15-8-16(22-11-5-6-11)27-17(25-15)10(9-21-27)7-14-18(28)26-19(29)24-14/h1-4,7-9,11,22H,5-6H2,(H,23,25)(H2,24,26,28,29)/b14-7-. The molecule has 0 unspecified atom stereocenters. The average molecular weight is 393 g/mol. The summed E-state index contributed by atoms with van der Waals surface area (Å²) < 4.78 is 15.7. The summed E-state index contributed by atoms with van der Waals surface area (Å²) >= 11 is 0. The molecule has 5 rings (SSSR count). The quantitative estimate of drug-likeness (QED) is 0.391. The van der Waals surface area contributed by atoms with Crippen LogP contribution in [0, 0.1) is 5.82 Å². The number of carbonyl (C=O) groups is 2. The lowest BCUT2D eigenvalue weighted by molar-refractivity contribution is -0.115. The maximum atomic E-state index is 14.1. The molecule has 2 fully saturated rings. The minimum Gasteiger partial charge on any atom is -0.367 e. The predicted octanol–water partition coefficient (Wildman–Crippen LogP) is 2.37. The van der Waals surface area contributed by atoms with Gasteiger partial charge in [0, 0.05) is 17.7 Å². The normalized spacial score (nSPS) is 17.5. The van der Waals surface area contributed by atoms with Crippen molar-refractivity contribution in [1.82, 2.24) is 25.2 Å². The predicted molar refractivity (Wildman–Crippen MR) is 104 cm³/mol. The topological polar surface area (TPSA) is 112 Å². The van der Waals surface area contributed by atoms with E-state index in [1.165, 1.54) is 12.1 Å². The largest absolute Gasteiger partial charge is 0.367 e. The molecule has 10 heteroatoms. The highest BCUT2D eigenvalue weighted by atomic mass is 19.1. The zero-order valence-electron chi connectivity index (χ0n) is 15.1. The Labute approximate surface area is 164 Å². The number of urea groups is 1. The molecule has 3 aromatic rings. The monoisotopic (exact) mass is 393 g/mol. The summed E-state index contributed by atoms with van der Waals surface area (Å²) in [4.78, 5) is 27.7. The van der Waals surface area contributed by atoms with E-state index in [4.69, 9.17) is 0 Å². The summed E-state index contributed by atoms with van der Waals surface area (Å²) in [7, 11) is 0. The summed E-state index contributed by atoms with van der Waals surface area (Å²) in [6, 6.07) is 7.85. The molecule has 1 saturated carbocycles. The van der Waals surface area contributed by atoms with E-state index in [2.05, 4.69) is 31.3 Å². The van der Waals surface area contributed by atoms with E-state index in [0.29, 0.717) is 34.6 Å². The zero-order chi connectivity index (χ0) is 20.0. The number of fused-ring (bicyclic) bond motifs is 1. The second-order valence-corrected chi connectivity index (χ2v) is 6.85. The van der Waals surface area contributed by atoms with Crippen LogP contribution in [0.2, 0.25) is 0 Å². The van der Waals surface area contributed by atoms with Crippen LogP contribution in [0.15, 0.2) is 42.2 Å². The van der Waals surface area contributed by atoms with Crippen LogP contribution in [0.3, 0.4) is 0 Å². The van der Waals surface area contributed by atoms with Gasteiger partial charge in [0.1, 0.15) is 23.1 Å². The number of benzene rings is 1. The van der Waals surface area contributed by atoms with Crippen LogP contribution < -0.4 is 21.3 Å². The van der Waals surface area contributed by atoms with Crippen molar-refractivity contribution in [3.8, 4) is 0 Å². The second kappa shape index (κ2) is 6.59. The molecule has 2 aliphatic rings. The van der Waals surface area contributed by atoms with Crippen molar-refractivity contribution in [3.63, 3.8) is 0 Å². The van der Waals surface area contributed by atoms with Gasteiger partial charge < -0.3 is 16.0 Å². The third-order valence-electron chi connectivity index (χ3n) is 4.58. The lowest BCUT2D eigenvalue weighted by Crippen LogP contribution is -2.22. The summed E-state index contributed by atoms with van der Waals surface area (Å²) in [5, 5.41) is 15.3. The highest BCUT2D eigenvalue weighted by Crippen LogP contribution is 2.28. The molecule has 0 radical (unpaired) electrons. The first-order chi connectivity index (χ1) is 14.1. The first-order valence-corrected chi connectivity index (χ1v) is 9.08. The molecule has 1 aromatic carbocycles. The van der Waals surface area contributed by atoms with Crippen molar-refractivity contribution in [1.29, 1.82) is 0 Å². The fourth-order valence-electron chi connectivity index (χ4n) is 3.02. The summed E-state index contributed by atoms with van der Waals surface area (Å²) in [6.07, 6.45) is 5.18. The number of carbonyl (C=O) groups excluding carboxylic acids is 2. The summed E-state index contributed by atoms with van der Waals surface area (Å²) in [6.45, 7) is 0. The number of aromatic nitrogens is 3. The highest BCUT2D eigenvalue weighted by Gasteiger charge is 2.25. The van der Waals surface area contributed by atoms with Gasteiger partial charge >= 0.3 is 6.03 Å². The Morgan fingerprint density at radius 3 is 2.76 bits per heavy atom. The molecular formula is C19H16FN7O2. The molecule has 1 saturated heterocycles. The summed E-state index contributed by atoms with van der Waals surface area (Å²) in [5.41, 5.74) is 1.39. The van der Waals surface area contributed by atoms with E-state index >= 15 is 0 Å². The van der Waals surface area contributed by atoms with Gasteiger partial charge in [-0.3, -0.25) is 10.1 Å². The molecule has 146 valence electrons. The Kier molecular flexibility index (Phi) is 3.90. The third kappa shape index (κ3) is 3.35. The number of hydrogen-bond donors (Lipinski definition) is 4. The molecule has 0 spiro atoms. The molecule has 9 nitrogen and oxygen atoms in total. The van der Waals surface area contributed by atoms with Gasteiger partial charge in [0.25, 0.3) is 5.91 Å². The van der Waals surface area contributed by atoms with E-state index in [1.54, 1.807) is 35.0 Å². The molecule has 3 heterocycles. The van der Waals surface area contributed by atoms with Crippen LogP contribution in [0.5, 0.6) is 0 Å². The Morgan fingerprint density at radius 2 is 2.03 bits per heavy atom. The number of imide groups is 1. The van der Waals surface area contributed by atoms with Crippen molar-refractivity contribution in [2.75, 3.05) is 10.6 Å². The van der Waals surface area contributed by atoms with Gasteiger partial charge in [0.15, 0.2) is 5.65 Å². The van der Waals surface area contributed by atoms with E-state index in [-0.39, 0.29) is 5.70 Å². The fourth-order valence-corrected chi connectivity index (χ4v) is 3.02. The lowest BCUT2D eigenvalue weighted by atomic mass is 10.2. The van der Waals surface area contributed by atoms with Crippen molar-refractivity contribution < 1.29 is 14.0 Å². The molecule has 2 aromatic heterocycles. The summed E-state index contributed by atoms with van der Waals surface area (Å²) in [5.74, 6) is 0.199. The van der Waals surface area contributed by atoms with Crippen molar-refractivity contribution in [3.05, 3.63) is 53.6 Å². The minimum atomic E-state index is -0.580. The van der Waals surface area contributed by atoms with E-state index < -0.39 is 17.8 Å². The Bertz CT molecular complexity index is 1180. The van der Waals surface area contributed by atoms with E-state index in [0.717, 1.165) is 12.8 Å². The molecule has 3 amide bonds. The van der Waals surface area contributed by atoms with Gasteiger partial charge in [-0.2, -0.15) is 9.61 Å². The van der Waals surface area contributed by atoms with Gasteiger partial charge in [-0.1, -0.05) is 12.1 Å². The fraction of sp³-hybridized carbons (Fsp3) is 0.158. The Morgan fingerprint density at radius 1 is 1.21 bits per heavy atom. The number of anilines is 3. The van der Waals surface area contributed by atoms with Gasteiger partial charge in [0.2, 0.25) is 0 Å². The number of nitrogens with zero attached hydrogens (tertiary/aromatic N) is 3. The minimum absolute atomic E-state index is 0.107. The first-order valence-electron chi connectivity index (χ1n) is 9.08. The first kappa shape index (κ1) is 17.2. The molecule has 0 atom stereocenters. The van der Waals surface area contributed by atoms with E-state index in [9.17, 15) is 14.0 Å². The second-order valence-electron chi connectivity index (χ2n) is 6.85. The molecule has 1 aliphatic heterocycles. The molecule has 0 bridgehead atoms. The van der Waals surface area contributed by atoms with Crippen LogP contribution >= 0.6 is 0 Å². The van der Waals surface area contributed by atoms with E-state index in [1.807, 2.05) is 0 Å². The van der Waals surface area contributed by atoms with Crippen molar-refractivity contribution >= 4 is 41.0 Å². The van der Waals surface area contributed by atoms with Crippen LogP contribution in [-0.2, 0) is 4.79 Å². The van der Waals surface area contributed by atoms with Gasteiger partial charge in [-0.15, -0.1) is 0 Å². The van der Waals surface area contributed by atoms with Crippen LogP contribution in [0.25, 0.3) is 11.7 Å². The van der Waals surface area contributed by atoms with Crippen molar-refractivity contribution in [2.45, 2.75) is 18.9 Å². The maximum Gasteiger partial charge on any atom is 0.326 e. The molecule has 1 aliphatic carbocycles. The molecule has 4 N–H and O–H groups in total. The van der Waals surface area contributed by atoms with Gasteiger partial charge in [-0.05, 0) is 31.1 Å². The Hall–Kier alpha value is -3.95. The highest BCUT2D eigenvalue weighted by molar-refractivity contribution is 6.14. The van der Waals surface area contributed by atoms with Gasteiger partial charge in [0.05, 0.1) is 11.9 Å². The number of amides is 3. The maximum absolute atomic E-state index is 14.1. The SMILES string of the molecule is O=C1NC(=O)/C(=C/c2cnn3c(NC4CC4)cc(Nc4ccccc4F)nc23)N1. The van der Waals surface area contributed by atoms with Crippen LogP contribution in [-0.4, -0.2) is 32.6 Å². The number of para-hydroxylation sites is 1. The molecule has 29 heavy (non-hydrogen) atoms. The number of hydrogen-bond acceptors (Lipinski definition) is 6. The number of nitrogens with one attached hydrogen (secondary N) is 4. The van der Waals surface area contributed by atoms with Gasteiger partial charge in [-0.25, -0.2) is 14.2 Å².